The lowest BCUT2D eigenvalue weighted by Gasteiger charge is -2.13. The first kappa shape index (κ1) is 19.4. The summed E-state index contributed by atoms with van der Waals surface area (Å²) in [5.41, 5.74) is -0.874. The molecule has 0 amide bonds. The lowest BCUT2D eigenvalue weighted by Crippen LogP contribution is -2.10. The van der Waals surface area contributed by atoms with Gasteiger partial charge in [0.15, 0.2) is 4.90 Å². The van der Waals surface area contributed by atoms with Gasteiger partial charge in [0, 0.05) is 6.07 Å². The molecule has 0 N–H and O–H groups in total. The van der Waals surface area contributed by atoms with Crippen LogP contribution in [0.25, 0.3) is 0 Å². The highest BCUT2D eigenvalue weighted by atomic mass is 35.5. The van der Waals surface area contributed by atoms with E-state index in [0.29, 0.717) is 0 Å². The second-order valence-corrected chi connectivity index (χ2v) is 6.60. The summed E-state index contributed by atoms with van der Waals surface area (Å²) in [5.74, 6) is -0.596. The van der Waals surface area contributed by atoms with Gasteiger partial charge in [-0.25, -0.2) is 4.79 Å². The maximum Gasteiger partial charge on any atom is 0.416 e. The largest absolute Gasteiger partial charge is 0.612 e. The maximum absolute atomic E-state index is 12.6. The summed E-state index contributed by atoms with van der Waals surface area (Å²) in [5, 5.41) is -0.238. The van der Waals surface area contributed by atoms with Gasteiger partial charge in [0.1, 0.15) is 23.3 Å². The first-order valence-corrected chi connectivity index (χ1v) is 8.67. The van der Waals surface area contributed by atoms with E-state index in [1.54, 1.807) is 0 Å². The van der Waals surface area contributed by atoms with Gasteiger partial charge in [-0.05, 0) is 41.5 Å². The molecule has 9 heteroatoms. The Bertz CT molecular complexity index is 793. The van der Waals surface area contributed by atoms with Crippen LogP contribution in [-0.4, -0.2) is 23.9 Å². The zero-order valence-corrected chi connectivity index (χ0v) is 14.6. The molecule has 1 unspecified atom stereocenters. The van der Waals surface area contributed by atoms with Crippen LogP contribution in [0.3, 0.4) is 0 Å². The minimum atomic E-state index is -4.52. The van der Waals surface area contributed by atoms with Crippen molar-refractivity contribution in [2.45, 2.75) is 11.1 Å². The molecular weight excluding hydrogens is 381 g/mol. The molecule has 0 bridgehead atoms. The van der Waals surface area contributed by atoms with Crippen LogP contribution in [0.2, 0.25) is 5.02 Å². The van der Waals surface area contributed by atoms with Crippen molar-refractivity contribution in [2.75, 3.05) is 13.4 Å². The first-order valence-electron chi connectivity index (χ1n) is 6.74. The molecule has 0 heterocycles. The molecule has 2 rings (SSSR count). The second-order valence-electron chi connectivity index (χ2n) is 4.85. The van der Waals surface area contributed by atoms with Crippen molar-refractivity contribution >= 4 is 28.7 Å². The number of alkyl halides is 3. The third-order valence-electron chi connectivity index (χ3n) is 3.15. The molecule has 0 saturated heterocycles. The average Bonchev–Trinajstić information content (AvgIpc) is 2.54. The molecule has 0 fully saturated rings. The summed E-state index contributed by atoms with van der Waals surface area (Å²) < 4.78 is 59.7. The van der Waals surface area contributed by atoms with Gasteiger partial charge in [-0.2, -0.15) is 13.2 Å². The predicted molar refractivity (Wildman–Crippen MR) is 86.6 cm³/mol. The zero-order valence-electron chi connectivity index (χ0n) is 13.0. The fraction of sp³-hybridized carbons (Fsp3) is 0.188. The molecule has 0 aliphatic heterocycles. The number of halogens is 4. The smallest absolute Gasteiger partial charge is 0.416 e. The van der Waals surface area contributed by atoms with Crippen molar-refractivity contribution in [1.82, 2.24) is 0 Å². The summed E-state index contributed by atoms with van der Waals surface area (Å²) in [6, 6.07) is 6.78. The van der Waals surface area contributed by atoms with E-state index < -0.39 is 28.9 Å². The highest BCUT2D eigenvalue weighted by Gasteiger charge is 2.31. The number of benzene rings is 2. The minimum absolute atomic E-state index is 0.0177. The maximum atomic E-state index is 12.6. The van der Waals surface area contributed by atoms with Gasteiger partial charge >= 0.3 is 12.1 Å². The predicted octanol–water partition coefficient (Wildman–Crippen LogP) is 4.68. The van der Waals surface area contributed by atoms with E-state index in [-0.39, 0.29) is 27.0 Å². The normalized spacial score (nSPS) is 12.6. The van der Waals surface area contributed by atoms with Gasteiger partial charge in [-0.1, -0.05) is 11.6 Å². The molecule has 0 radical (unpaired) electrons. The Kier molecular flexibility index (Phi) is 5.87. The van der Waals surface area contributed by atoms with E-state index >= 15 is 0 Å². The highest BCUT2D eigenvalue weighted by molar-refractivity contribution is 7.90. The molecule has 25 heavy (non-hydrogen) atoms. The number of carbonyl (C=O) groups is 1. The lowest BCUT2D eigenvalue weighted by molar-refractivity contribution is -0.137. The average molecular weight is 393 g/mol. The Balaban J connectivity index is 2.36. The highest BCUT2D eigenvalue weighted by Crippen LogP contribution is 2.37. The van der Waals surface area contributed by atoms with Gasteiger partial charge < -0.3 is 14.0 Å². The van der Waals surface area contributed by atoms with Crippen molar-refractivity contribution in [3.8, 4) is 11.5 Å². The topological polar surface area (TPSA) is 58.6 Å². The first-order chi connectivity index (χ1) is 11.6. The van der Waals surface area contributed by atoms with Gasteiger partial charge in [-0.3, -0.25) is 0 Å². The van der Waals surface area contributed by atoms with Crippen LogP contribution in [0, 0.1) is 0 Å². The molecular formula is C16H12ClF3O4S. The van der Waals surface area contributed by atoms with Crippen molar-refractivity contribution < 1.29 is 32.0 Å². The molecule has 0 aromatic heterocycles. The van der Waals surface area contributed by atoms with Gasteiger partial charge in [0.05, 0.1) is 17.7 Å². The molecule has 0 saturated carbocycles. The summed E-state index contributed by atoms with van der Waals surface area (Å²) in [4.78, 5) is 12.0. The molecule has 2 aromatic carbocycles. The van der Waals surface area contributed by atoms with Crippen LogP contribution < -0.4 is 4.74 Å². The van der Waals surface area contributed by atoms with Crippen LogP contribution in [0.4, 0.5) is 13.2 Å². The van der Waals surface area contributed by atoms with Crippen LogP contribution in [-0.2, 0) is 22.1 Å². The summed E-state index contributed by atoms with van der Waals surface area (Å²) in [6.07, 6.45) is -3.12. The Labute approximate surface area is 149 Å². The standard InChI is InChI=1S/C16H12ClF3O4S/c1-23-15(21)11-8-10(4-6-14(11)25(2)22)24-13-5-3-9(7-12(13)17)16(18,19)20/h3-8H,1-2H3. The van der Waals surface area contributed by atoms with Gasteiger partial charge in [-0.15, -0.1) is 0 Å². The van der Waals surface area contributed by atoms with Crippen molar-refractivity contribution in [2.24, 2.45) is 0 Å². The fourth-order valence-corrected chi connectivity index (χ4v) is 2.91. The minimum Gasteiger partial charge on any atom is -0.612 e. The Morgan fingerprint density at radius 1 is 1.20 bits per heavy atom. The molecule has 1 atom stereocenters. The van der Waals surface area contributed by atoms with E-state index in [1.807, 2.05) is 0 Å². The zero-order chi connectivity index (χ0) is 18.8. The van der Waals surface area contributed by atoms with E-state index in [0.717, 1.165) is 18.2 Å². The Morgan fingerprint density at radius 3 is 2.40 bits per heavy atom. The second kappa shape index (κ2) is 7.55. The number of methoxy groups -OCH3 is 1. The fourth-order valence-electron chi connectivity index (χ4n) is 1.98. The quantitative estimate of drug-likeness (QED) is 0.560. The Hall–Kier alpha value is -1.90. The number of hydrogen-bond acceptors (Lipinski definition) is 4. The number of rotatable bonds is 4. The number of carbonyl (C=O) groups excluding carboxylic acids is 1. The number of esters is 1. The number of hydrogen-bond donors (Lipinski definition) is 0. The van der Waals surface area contributed by atoms with Crippen LogP contribution in [0.15, 0.2) is 41.3 Å². The van der Waals surface area contributed by atoms with Crippen LogP contribution in [0.5, 0.6) is 11.5 Å². The van der Waals surface area contributed by atoms with Crippen molar-refractivity contribution in [3.63, 3.8) is 0 Å². The van der Waals surface area contributed by atoms with Gasteiger partial charge in [0.25, 0.3) is 0 Å². The van der Waals surface area contributed by atoms with Crippen LogP contribution >= 0.6 is 11.6 Å². The SMILES string of the molecule is COC(=O)c1cc(Oc2ccc(C(F)(F)F)cc2Cl)ccc1[S+](C)[O-]. The summed E-state index contributed by atoms with van der Waals surface area (Å²) >= 11 is 4.39. The lowest BCUT2D eigenvalue weighted by atomic mass is 10.2. The third kappa shape index (κ3) is 4.59. The van der Waals surface area contributed by atoms with Crippen molar-refractivity contribution in [3.05, 3.63) is 52.5 Å². The molecule has 0 spiro atoms. The van der Waals surface area contributed by atoms with E-state index in [9.17, 15) is 22.5 Å². The Morgan fingerprint density at radius 2 is 1.88 bits per heavy atom. The summed E-state index contributed by atoms with van der Waals surface area (Å²) in [7, 11) is 1.17. The number of ether oxygens (including phenoxy) is 2. The molecule has 0 aliphatic rings. The molecule has 134 valence electrons. The van der Waals surface area contributed by atoms with E-state index in [2.05, 4.69) is 4.74 Å². The molecule has 0 aliphatic carbocycles. The van der Waals surface area contributed by atoms with E-state index in [4.69, 9.17) is 16.3 Å². The van der Waals surface area contributed by atoms with Crippen molar-refractivity contribution in [1.29, 1.82) is 0 Å². The summed E-state index contributed by atoms with van der Waals surface area (Å²) in [6.45, 7) is 0. The molecule has 4 nitrogen and oxygen atoms in total. The van der Waals surface area contributed by atoms with Gasteiger partial charge in [0.2, 0.25) is 0 Å². The van der Waals surface area contributed by atoms with E-state index in [1.165, 1.54) is 31.6 Å². The molecule has 2 aromatic rings. The third-order valence-corrected chi connectivity index (χ3v) is 4.42. The van der Waals surface area contributed by atoms with Crippen LogP contribution in [0.1, 0.15) is 15.9 Å². The monoisotopic (exact) mass is 392 g/mol.